The molecule has 3 rings (SSSR count). The van der Waals surface area contributed by atoms with E-state index in [9.17, 15) is 14.9 Å². The lowest BCUT2D eigenvalue weighted by molar-refractivity contribution is -0.384. The molecule has 2 aromatic rings. The van der Waals surface area contributed by atoms with Crippen LogP contribution in [0, 0.1) is 10.1 Å². The average molecular weight is 406 g/mol. The van der Waals surface area contributed by atoms with Crippen LogP contribution >= 0.6 is 15.9 Å². The van der Waals surface area contributed by atoms with Crippen LogP contribution < -0.4 is 10.2 Å². The van der Waals surface area contributed by atoms with E-state index in [1.165, 1.54) is 18.2 Å². The normalized spacial score (nSPS) is 14.2. The third-order valence-corrected chi connectivity index (χ3v) is 4.60. The molecule has 1 N–H and O–H groups in total. The summed E-state index contributed by atoms with van der Waals surface area (Å²) in [4.78, 5) is 25.0. The Morgan fingerprint density at radius 2 is 1.84 bits per heavy atom. The maximum Gasteiger partial charge on any atom is 0.270 e. The molecule has 1 aliphatic heterocycles. The number of ether oxygens (including phenoxy) is 1. The summed E-state index contributed by atoms with van der Waals surface area (Å²) < 4.78 is 5.83. The number of amides is 1. The molecule has 0 atom stereocenters. The van der Waals surface area contributed by atoms with Gasteiger partial charge in [0.15, 0.2) is 0 Å². The summed E-state index contributed by atoms with van der Waals surface area (Å²) in [5, 5.41) is 13.6. The maximum absolute atomic E-state index is 12.4. The van der Waals surface area contributed by atoms with Gasteiger partial charge in [-0.3, -0.25) is 14.9 Å². The molecule has 7 nitrogen and oxygen atoms in total. The first-order chi connectivity index (χ1) is 12.0. The van der Waals surface area contributed by atoms with Gasteiger partial charge in [0.2, 0.25) is 0 Å². The number of nitrogens with one attached hydrogen (secondary N) is 1. The van der Waals surface area contributed by atoms with Gasteiger partial charge in [-0.2, -0.15) is 0 Å². The van der Waals surface area contributed by atoms with Crippen LogP contribution in [-0.4, -0.2) is 37.1 Å². The molecular formula is C17H16BrN3O4. The molecule has 0 aromatic heterocycles. The minimum atomic E-state index is -0.527. The number of nitro groups is 1. The van der Waals surface area contributed by atoms with Gasteiger partial charge in [-0.25, -0.2) is 0 Å². The highest BCUT2D eigenvalue weighted by atomic mass is 79.9. The number of benzene rings is 2. The fraction of sp³-hybridized carbons (Fsp3) is 0.235. The number of non-ortho nitro benzene ring substituents is 1. The summed E-state index contributed by atoms with van der Waals surface area (Å²) in [7, 11) is 0. The first-order valence-corrected chi connectivity index (χ1v) is 8.52. The number of anilines is 2. The Hall–Kier alpha value is -2.45. The Bertz CT molecular complexity index is 789. The Kier molecular flexibility index (Phi) is 5.30. The van der Waals surface area contributed by atoms with Crippen molar-refractivity contribution in [2.24, 2.45) is 0 Å². The van der Waals surface area contributed by atoms with E-state index in [-0.39, 0.29) is 11.3 Å². The van der Waals surface area contributed by atoms with Crippen molar-refractivity contribution in [2.75, 3.05) is 36.5 Å². The predicted octanol–water partition coefficient (Wildman–Crippen LogP) is 3.45. The summed E-state index contributed by atoms with van der Waals surface area (Å²) in [5.74, 6) is -0.408. The SMILES string of the molecule is O=C(Nc1ccc(N2CCOCC2)cc1)c1cc([N+](=O)[O-])ccc1Br. The van der Waals surface area contributed by atoms with E-state index in [1.807, 2.05) is 24.3 Å². The molecule has 0 spiro atoms. The summed E-state index contributed by atoms with van der Waals surface area (Å²) in [6, 6.07) is 11.6. The zero-order valence-corrected chi connectivity index (χ0v) is 14.9. The van der Waals surface area contributed by atoms with Crippen molar-refractivity contribution < 1.29 is 14.5 Å². The van der Waals surface area contributed by atoms with Crippen molar-refractivity contribution in [1.82, 2.24) is 0 Å². The molecule has 0 radical (unpaired) electrons. The molecule has 1 fully saturated rings. The number of hydrogen-bond donors (Lipinski definition) is 1. The molecule has 0 unspecified atom stereocenters. The fourth-order valence-corrected chi connectivity index (χ4v) is 3.00. The molecule has 0 saturated carbocycles. The van der Waals surface area contributed by atoms with Crippen molar-refractivity contribution >= 4 is 38.9 Å². The number of carbonyl (C=O) groups excluding carboxylic acids is 1. The van der Waals surface area contributed by atoms with Crippen LogP contribution in [0.15, 0.2) is 46.9 Å². The van der Waals surface area contributed by atoms with Gasteiger partial charge in [-0.05, 0) is 46.3 Å². The Morgan fingerprint density at radius 3 is 2.48 bits per heavy atom. The molecule has 0 aliphatic carbocycles. The third kappa shape index (κ3) is 4.15. The minimum Gasteiger partial charge on any atom is -0.378 e. The molecule has 1 amide bonds. The maximum atomic E-state index is 12.4. The largest absolute Gasteiger partial charge is 0.378 e. The number of rotatable bonds is 4. The lowest BCUT2D eigenvalue weighted by atomic mass is 10.2. The van der Waals surface area contributed by atoms with Crippen molar-refractivity contribution in [2.45, 2.75) is 0 Å². The summed E-state index contributed by atoms with van der Waals surface area (Å²) in [5.41, 5.74) is 1.78. The lowest BCUT2D eigenvalue weighted by Crippen LogP contribution is -2.36. The topological polar surface area (TPSA) is 84.7 Å². The number of carbonyl (C=O) groups is 1. The van der Waals surface area contributed by atoms with E-state index in [2.05, 4.69) is 26.1 Å². The van der Waals surface area contributed by atoms with E-state index in [0.29, 0.717) is 23.4 Å². The van der Waals surface area contributed by atoms with E-state index in [1.54, 1.807) is 0 Å². The second-order valence-corrected chi connectivity index (χ2v) is 6.38. The molecule has 1 heterocycles. The zero-order chi connectivity index (χ0) is 17.8. The Labute approximate surface area is 152 Å². The molecule has 8 heteroatoms. The van der Waals surface area contributed by atoms with Crippen molar-refractivity contribution in [1.29, 1.82) is 0 Å². The summed E-state index contributed by atoms with van der Waals surface area (Å²) >= 11 is 3.26. The van der Waals surface area contributed by atoms with Crippen LogP contribution in [-0.2, 0) is 4.74 Å². The first kappa shape index (κ1) is 17.4. The van der Waals surface area contributed by atoms with Crippen molar-refractivity contribution in [3.8, 4) is 0 Å². The fourth-order valence-electron chi connectivity index (χ4n) is 2.58. The van der Waals surface area contributed by atoms with Crippen LogP contribution in [0.4, 0.5) is 17.1 Å². The van der Waals surface area contributed by atoms with Crippen LogP contribution in [0.1, 0.15) is 10.4 Å². The van der Waals surface area contributed by atoms with E-state index < -0.39 is 10.8 Å². The van der Waals surface area contributed by atoms with Crippen LogP contribution in [0.25, 0.3) is 0 Å². The van der Waals surface area contributed by atoms with Crippen LogP contribution in [0.5, 0.6) is 0 Å². The monoisotopic (exact) mass is 405 g/mol. The Morgan fingerprint density at radius 1 is 1.16 bits per heavy atom. The average Bonchev–Trinajstić information content (AvgIpc) is 2.63. The number of nitro benzene ring substituents is 1. The molecule has 0 bridgehead atoms. The van der Waals surface area contributed by atoms with E-state index in [0.717, 1.165) is 18.8 Å². The van der Waals surface area contributed by atoms with Crippen molar-refractivity contribution in [3.05, 3.63) is 62.6 Å². The molecule has 25 heavy (non-hydrogen) atoms. The van der Waals surface area contributed by atoms with Gasteiger partial charge in [0, 0.05) is 41.1 Å². The highest BCUT2D eigenvalue weighted by molar-refractivity contribution is 9.10. The van der Waals surface area contributed by atoms with Gasteiger partial charge in [-0.1, -0.05) is 0 Å². The molecule has 130 valence electrons. The standard InChI is InChI=1S/C17H16BrN3O4/c18-16-6-5-14(21(23)24)11-15(16)17(22)19-12-1-3-13(4-2-12)20-7-9-25-10-8-20/h1-6,11H,7-10H2,(H,19,22). The third-order valence-electron chi connectivity index (χ3n) is 3.91. The molecule has 1 saturated heterocycles. The first-order valence-electron chi connectivity index (χ1n) is 7.72. The van der Waals surface area contributed by atoms with Crippen LogP contribution in [0.3, 0.4) is 0 Å². The van der Waals surface area contributed by atoms with Gasteiger partial charge in [0.25, 0.3) is 11.6 Å². The molecule has 1 aliphatic rings. The summed E-state index contributed by atoms with van der Waals surface area (Å²) in [6.07, 6.45) is 0. The molecular weight excluding hydrogens is 390 g/mol. The highest BCUT2D eigenvalue weighted by Crippen LogP contribution is 2.24. The van der Waals surface area contributed by atoms with E-state index >= 15 is 0 Å². The van der Waals surface area contributed by atoms with Gasteiger partial charge >= 0.3 is 0 Å². The van der Waals surface area contributed by atoms with Crippen LogP contribution in [0.2, 0.25) is 0 Å². The summed E-state index contributed by atoms with van der Waals surface area (Å²) in [6.45, 7) is 3.09. The minimum absolute atomic E-state index is 0.129. The van der Waals surface area contributed by atoms with Gasteiger partial charge in [0.05, 0.1) is 23.7 Å². The van der Waals surface area contributed by atoms with Crippen molar-refractivity contribution in [3.63, 3.8) is 0 Å². The number of nitrogens with zero attached hydrogens (tertiary/aromatic N) is 2. The zero-order valence-electron chi connectivity index (χ0n) is 13.3. The number of halogens is 1. The quantitative estimate of drug-likeness (QED) is 0.621. The number of hydrogen-bond acceptors (Lipinski definition) is 5. The lowest BCUT2D eigenvalue weighted by Gasteiger charge is -2.28. The Balaban J connectivity index is 1.72. The van der Waals surface area contributed by atoms with E-state index in [4.69, 9.17) is 4.74 Å². The highest BCUT2D eigenvalue weighted by Gasteiger charge is 2.16. The van der Waals surface area contributed by atoms with Gasteiger partial charge in [-0.15, -0.1) is 0 Å². The predicted molar refractivity (Wildman–Crippen MR) is 98.2 cm³/mol. The molecule has 2 aromatic carbocycles. The van der Waals surface area contributed by atoms with Gasteiger partial charge < -0.3 is 15.0 Å². The van der Waals surface area contributed by atoms with Gasteiger partial charge in [0.1, 0.15) is 0 Å². The number of morpholine rings is 1. The second-order valence-electron chi connectivity index (χ2n) is 5.52. The second kappa shape index (κ2) is 7.62. The smallest absolute Gasteiger partial charge is 0.270 e.